The third-order valence-corrected chi connectivity index (χ3v) is 5.04. The Morgan fingerprint density at radius 2 is 1.89 bits per heavy atom. The Hall–Kier alpha value is -2.90. The maximum Gasteiger partial charge on any atom is 0.338 e. The summed E-state index contributed by atoms with van der Waals surface area (Å²) in [5.41, 5.74) is 6.24. The van der Waals surface area contributed by atoms with Crippen LogP contribution in [0, 0.1) is 5.92 Å². The van der Waals surface area contributed by atoms with Gasteiger partial charge in [0, 0.05) is 37.7 Å². The van der Waals surface area contributed by atoms with E-state index in [4.69, 9.17) is 10.5 Å². The van der Waals surface area contributed by atoms with Gasteiger partial charge < -0.3 is 20.3 Å². The molecule has 1 aromatic rings. The number of nitrogens with two attached hydrogens (primary N) is 1. The summed E-state index contributed by atoms with van der Waals surface area (Å²) in [5.74, 6) is -1.41. The van der Waals surface area contributed by atoms with Crippen molar-refractivity contribution in [2.75, 3.05) is 31.1 Å². The Bertz CT molecular complexity index is 755. The van der Waals surface area contributed by atoms with E-state index in [1.165, 1.54) is 0 Å². The monoisotopic (exact) mass is 373 g/mol. The van der Waals surface area contributed by atoms with E-state index in [0.717, 1.165) is 6.42 Å². The van der Waals surface area contributed by atoms with Crippen molar-refractivity contribution in [1.82, 2.24) is 4.90 Å². The number of likely N-dealkylation sites (tertiary alicyclic amines) is 1. The number of hydrogen-bond acceptors (Lipinski definition) is 5. The summed E-state index contributed by atoms with van der Waals surface area (Å²) in [6.45, 7) is 1.14. The lowest BCUT2D eigenvalue weighted by Gasteiger charge is -2.30. The Morgan fingerprint density at radius 3 is 2.52 bits per heavy atom. The molecule has 3 rings (SSSR count). The number of esters is 1. The molecule has 27 heavy (non-hydrogen) atoms. The summed E-state index contributed by atoms with van der Waals surface area (Å²) in [5, 5.41) is 0. The zero-order chi connectivity index (χ0) is 19.4. The lowest BCUT2D eigenvalue weighted by atomic mass is 9.96. The molecule has 0 aromatic heterocycles. The van der Waals surface area contributed by atoms with Crippen LogP contribution < -0.4 is 10.6 Å². The van der Waals surface area contributed by atoms with E-state index in [-0.39, 0.29) is 30.2 Å². The van der Waals surface area contributed by atoms with Gasteiger partial charge in [-0.05, 0) is 37.5 Å². The third kappa shape index (κ3) is 4.45. The Labute approximate surface area is 157 Å². The number of carbonyl (C=O) groups excluding carboxylic acids is 4. The van der Waals surface area contributed by atoms with Crippen molar-refractivity contribution in [1.29, 1.82) is 0 Å². The normalized spacial score (nSPS) is 17.9. The molecule has 2 N–H and O–H groups in total. The second-order valence-corrected chi connectivity index (χ2v) is 6.83. The van der Waals surface area contributed by atoms with E-state index in [1.54, 1.807) is 34.1 Å². The molecule has 3 amide bonds. The predicted octanol–water partition coefficient (Wildman–Crippen LogP) is 0.694. The number of ether oxygens (including phenoxy) is 1. The van der Waals surface area contributed by atoms with Crippen molar-refractivity contribution in [3.8, 4) is 0 Å². The molecule has 8 heteroatoms. The van der Waals surface area contributed by atoms with Crippen molar-refractivity contribution in [2.24, 2.45) is 11.7 Å². The van der Waals surface area contributed by atoms with Crippen molar-refractivity contribution in [3.63, 3.8) is 0 Å². The van der Waals surface area contributed by atoms with E-state index < -0.39 is 5.97 Å². The molecule has 1 aromatic carbocycles. The minimum Gasteiger partial charge on any atom is -0.452 e. The molecule has 0 unspecified atom stereocenters. The molecule has 144 valence electrons. The molecular weight excluding hydrogens is 350 g/mol. The predicted molar refractivity (Wildman–Crippen MR) is 96.8 cm³/mol. The van der Waals surface area contributed by atoms with Gasteiger partial charge in [0.25, 0.3) is 5.91 Å². The van der Waals surface area contributed by atoms with Gasteiger partial charge in [-0.2, -0.15) is 0 Å². The Balaban J connectivity index is 1.53. The second kappa shape index (κ2) is 8.20. The van der Waals surface area contributed by atoms with Gasteiger partial charge in [-0.3, -0.25) is 14.4 Å². The first kappa shape index (κ1) is 18.9. The number of primary amides is 1. The second-order valence-electron chi connectivity index (χ2n) is 6.83. The topological polar surface area (TPSA) is 110 Å². The number of benzene rings is 1. The molecule has 0 spiro atoms. The van der Waals surface area contributed by atoms with Crippen LogP contribution in [0.15, 0.2) is 24.3 Å². The molecule has 0 saturated carbocycles. The average Bonchev–Trinajstić information content (AvgIpc) is 3.12. The highest BCUT2D eigenvalue weighted by Crippen LogP contribution is 2.22. The number of piperidine rings is 1. The largest absolute Gasteiger partial charge is 0.452 e. The van der Waals surface area contributed by atoms with Gasteiger partial charge in [0.1, 0.15) is 0 Å². The van der Waals surface area contributed by atoms with Crippen LogP contribution in [0.25, 0.3) is 0 Å². The average molecular weight is 373 g/mol. The molecule has 0 aliphatic carbocycles. The summed E-state index contributed by atoms with van der Waals surface area (Å²) in [4.78, 5) is 50.7. The molecule has 2 saturated heterocycles. The highest BCUT2D eigenvalue weighted by Gasteiger charge is 2.27. The summed E-state index contributed by atoms with van der Waals surface area (Å²) in [6.07, 6.45) is 2.37. The standard InChI is InChI=1S/C19H23N3O5/c20-18(25)13-6-9-21(10-7-13)17(24)12-27-19(26)14-3-1-4-15(11-14)22-8-2-5-16(22)23/h1,3-4,11,13H,2,5-10,12H2,(H2,20,25). The molecule has 8 nitrogen and oxygen atoms in total. The summed E-state index contributed by atoms with van der Waals surface area (Å²) in [6, 6.07) is 6.66. The SMILES string of the molecule is NC(=O)C1CCN(C(=O)COC(=O)c2cccc(N3CCCC3=O)c2)CC1. The minimum atomic E-state index is -0.608. The quantitative estimate of drug-likeness (QED) is 0.764. The number of hydrogen-bond donors (Lipinski definition) is 1. The number of rotatable bonds is 5. The van der Waals surface area contributed by atoms with Crippen LogP contribution in [0.2, 0.25) is 0 Å². The zero-order valence-corrected chi connectivity index (χ0v) is 15.1. The number of nitrogens with zero attached hydrogens (tertiary/aromatic N) is 2. The van der Waals surface area contributed by atoms with Gasteiger partial charge in [0.15, 0.2) is 6.61 Å². The summed E-state index contributed by atoms with van der Waals surface area (Å²) >= 11 is 0. The third-order valence-electron chi connectivity index (χ3n) is 5.04. The van der Waals surface area contributed by atoms with Crippen LogP contribution >= 0.6 is 0 Å². The molecule has 2 fully saturated rings. The van der Waals surface area contributed by atoms with E-state index in [2.05, 4.69) is 0 Å². The fourth-order valence-electron chi connectivity index (χ4n) is 3.44. The summed E-state index contributed by atoms with van der Waals surface area (Å²) < 4.78 is 5.14. The lowest BCUT2D eigenvalue weighted by Crippen LogP contribution is -2.43. The lowest BCUT2D eigenvalue weighted by molar-refractivity contribution is -0.137. The molecule has 0 bridgehead atoms. The molecule has 2 aliphatic rings. The molecule has 2 heterocycles. The maximum absolute atomic E-state index is 12.3. The first-order chi connectivity index (χ1) is 13.0. The van der Waals surface area contributed by atoms with E-state index >= 15 is 0 Å². The van der Waals surface area contributed by atoms with Crippen LogP contribution in [0.5, 0.6) is 0 Å². The van der Waals surface area contributed by atoms with Crippen molar-refractivity contribution < 1.29 is 23.9 Å². The fourth-order valence-corrected chi connectivity index (χ4v) is 3.44. The van der Waals surface area contributed by atoms with Gasteiger partial charge in [-0.1, -0.05) is 6.07 Å². The smallest absolute Gasteiger partial charge is 0.338 e. The van der Waals surface area contributed by atoms with Crippen LogP contribution in [0.1, 0.15) is 36.0 Å². The highest BCUT2D eigenvalue weighted by molar-refractivity contribution is 5.97. The zero-order valence-electron chi connectivity index (χ0n) is 15.1. The minimum absolute atomic E-state index is 0.0371. The molecule has 0 radical (unpaired) electrons. The maximum atomic E-state index is 12.3. The number of carbonyl (C=O) groups is 4. The van der Waals surface area contributed by atoms with Gasteiger partial charge in [0.05, 0.1) is 5.56 Å². The Morgan fingerprint density at radius 1 is 1.15 bits per heavy atom. The highest BCUT2D eigenvalue weighted by atomic mass is 16.5. The molecule has 2 aliphatic heterocycles. The number of anilines is 1. The van der Waals surface area contributed by atoms with Gasteiger partial charge in [-0.15, -0.1) is 0 Å². The van der Waals surface area contributed by atoms with Crippen molar-refractivity contribution >= 4 is 29.4 Å². The van der Waals surface area contributed by atoms with E-state index in [1.807, 2.05) is 0 Å². The van der Waals surface area contributed by atoms with Crippen LogP contribution in [0.4, 0.5) is 5.69 Å². The van der Waals surface area contributed by atoms with Crippen molar-refractivity contribution in [2.45, 2.75) is 25.7 Å². The number of amides is 3. The first-order valence-corrected chi connectivity index (χ1v) is 9.10. The first-order valence-electron chi connectivity index (χ1n) is 9.10. The van der Waals surface area contributed by atoms with Crippen LogP contribution in [-0.2, 0) is 19.1 Å². The van der Waals surface area contributed by atoms with Crippen LogP contribution in [0.3, 0.4) is 0 Å². The van der Waals surface area contributed by atoms with E-state index in [0.29, 0.717) is 50.1 Å². The molecule has 0 atom stereocenters. The van der Waals surface area contributed by atoms with Gasteiger partial charge in [0.2, 0.25) is 11.8 Å². The fraction of sp³-hybridized carbons (Fsp3) is 0.474. The van der Waals surface area contributed by atoms with Crippen LogP contribution in [-0.4, -0.2) is 54.8 Å². The van der Waals surface area contributed by atoms with E-state index in [9.17, 15) is 19.2 Å². The summed E-state index contributed by atoms with van der Waals surface area (Å²) in [7, 11) is 0. The Kier molecular flexibility index (Phi) is 5.73. The van der Waals surface area contributed by atoms with Gasteiger partial charge >= 0.3 is 5.97 Å². The van der Waals surface area contributed by atoms with Crippen molar-refractivity contribution in [3.05, 3.63) is 29.8 Å². The van der Waals surface area contributed by atoms with Gasteiger partial charge in [-0.25, -0.2) is 4.79 Å². The molecular formula is C19H23N3O5.